The van der Waals surface area contributed by atoms with Gasteiger partial charge >= 0.3 is 0 Å². The number of furan rings is 1. The fraction of sp³-hybridized carbons (Fsp3) is 0.412. The highest BCUT2D eigenvalue weighted by atomic mass is 16.5. The number of ether oxygens (including phenoxy) is 1. The summed E-state index contributed by atoms with van der Waals surface area (Å²) in [6.07, 6.45) is 4.84. The van der Waals surface area contributed by atoms with Crippen molar-refractivity contribution in [3.63, 3.8) is 0 Å². The third kappa shape index (κ3) is 4.14. The van der Waals surface area contributed by atoms with Crippen LogP contribution in [0.25, 0.3) is 0 Å². The third-order valence-electron chi connectivity index (χ3n) is 3.42. The summed E-state index contributed by atoms with van der Waals surface area (Å²) < 4.78 is 10.6. The van der Waals surface area contributed by atoms with E-state index in [9.17, 15) is 0 Å². The summed E-state index contributed by atoms with van der Waals surface area (Å²) in [6.45, 7) is 3.21. The van der Waals surface area contributed by atoms with E-state index in [1.165, 1.54) is 5.56 Å². The number of rotatable bonds is 8. The summed E-state index contributed by atoms with van der Waals surface area (Å²) in [5.41, 5.74) is 1.30. The summed E-state index contributed by atoms with van der Waals surface area (Å²) in [7, 11) is 1.69. The van der Waals surface area contributed by atoms with Gasteiger partial charge in [0.2, 0.25) is 0 Å². The van der Waals surface area contributed by atoms with Crippen molar-refractivity contribution in [1.29, 1.82) is 0 Å². The molecule has 0 aliphatic heterocycles. The van der Waals surface area contributed by atoms with Gasteiger partial charge in [0.05, 0.1) is 13.4 Å². The molecule has 1 atom stereocenters. The van der Waals surface area contributed by atoms with Crippen molar-refractivity contribution in [2.24, 2.45) is 0 Å². The number of hydrogen-bond donors (Lipinski definition) is 1. The van der Waals surface area contributed by atoms with Gasteiger partial charge in [0.1, 0.15) is 11.5 Å². The molecule has 0 saturated heterocycles. The van der Waals surface area contributed by atoms with Gasteiger partial charge in [-0.1, -0.05) is 19.1 Å². The molecule has 108 valence electrons. The first-order chi connectivity index (χ1) is 9.83. The van der Waals surface area contributed by atoms with Crippen LogP contribution in [0.1, 0.15) is 37.1 Å². The molecule has 0 saturated carbocycles. The highest BCUT2D eigenvalue weighted by molar-refractivity contribution is 5.29. The van der Waals surface area contributed by atoms with E-state index in [-0.39, 0.29) is 0 Å². The van der Waals surface area contributed by atoms with E-state index >= 15 is 0 Å². The SMILES string of the molecule is CCCNC(CCc1ccco1)c1ccc(OC)cc1. The van der Waals surface area contributed by atoms with Gasteiger partial charge in [-0.25, -0.2) is 0 Å². The van der Waals surface area contributed by atoms with Crippen LogP contribution in [0.4, 0.5) is 0 Å². The van der Waals surface area contributed by atoms with Crippen LogP contribution in [0.2, 0.25) is 0 Å². The second-order valence-corrected chi connectivity index (χ2v) is 4.90. The lowest BCUT2D eigenvalue weighted by Crippen LogP contribution is -2.22. The Morgan fingerprint density at radius 3 is 2.60 bits per heavy atom. The van der Waals surface area contributed by atoms with Crippen molar-refractivity contribution in [3.05, 3.63) is 54.0 Å². The first-order valence-electron chi connectivity index (χ1n) is 7.23. The molecule has 2 rings (SSSR count). The van der Waals surface area contributed by atoms with E-state index in [1.54, 1.807) is 13.4 Å². The molecule has 0 aliphatic carbocycles. The predicted molar refractivity (Wildman–Crippen MR) is 81.1 cm³/mol. The van der Waals surface area contributed by atoms with Crippen LogP contribution >= 0.6 is 0 Å². The van der Waals surface area contributed by atoms with Gasteiger partial charge < -0.3 is 14.5 Å². The van der Waals surface area contributed by atoms with Gasteiger partial charge in [-0.05, 0) is 49.2 Å². The average Bonchev–Trinajstić information content (AvgIpc) is 3.01. The van der Waals surface area contributed by atoms with Crippen molar-refractivity contribution >= 4 is 0 Å². The maximum atomic E-state index is 5.41. The Hall–Kier alpha value is -1.74. The summed E-state index contributed by atoms with van der Waals surface area (Å²) in [4.78, 5) is 0. The Morgan fingerprint density at radius 1 is 1.20 bits per heavy atom. The van der Waals surface area contributed by atoms with Crippen LogP contribution in [0.15, 0.2) is 47.1 Å². The van der Waals surface area contributed by atoms with Gasteiger partial charge in [-0.3, -0.25) is 0 Å². The fourth-order valence-corrected chi connectivity index (χ4v) is 2.28. The molecule has 1 unspecified atom stereocenters. The molecule has 0 radical (unpaired) electrons. The fourth-order valence-electron chi connectivity index (χ4n) is 2.28. The molecule has 1 aromatic heterocycles. The van der Waals surface area contributed by atoms with E-state index in [0.29, 0.717) is 6.04 Å². The highest BCUT2D eigenvalue weighted by Gasteiger charge is 2.11. The first-order valence-corrected chi connectivity index (χ1v) is 7.23. The average molecular weight is 273 g/mol. The summed E-state index contributed by atoms with van der Waals surface area (Å²) in [5, 5.41) is 3.60. The second kappa shape index (κ2) is 7.75. The second-order valence-electron chi connectivity index (χ2n) is 4.90. The number of hydrogen-bond acceptors (Lipinski definition) is 3. The molecular formula is C17H23NO2. The molecule has 0 aliphatic rings. The van der Waals surface area contributed by atoms with Crippen molar-refractivity contribution in [2.45, 2.75) is 32.2 Å². The van der Waals surface area contributed by atoms with Crippen molar-refractivity contribution in [3.8, 4) is 5.75 Å². The lowest BCUT2D eigenvalue weighted by Gasteiger charge is -2.19. The smallest absolute Gasteiger partial charge is 0.118 e. The Balaban J connectivity index is 2.01. The molecule has 0 spiro atoms. The molecule has 0 amide bonds. The van der Waals surface area contributed by atoms with Crippen LogP contribution in [-0.4, -0.2) is 13.7 Å². The molecule has 1 aromatic carbocycles. The monoisotopic (exact) mass is 273 g/mol. The van der Waals surface area contributed by atoms with Gasteiger partial charge in [-0.15, -0.1) is 0 Å². The van der Waals surface area contributed by atoms with Crippen LogP contribution in [0.5, 0.6) is 5.75 Å². The minimum Gasteiger partial charge on any atom is -0.497 e. The Bertz CT molecular complexity index is 476. The minimum absolute atomic E-state index is 0.353. The molecule has 0 fully saturated rings. The third-order valence-corrected chi connectivity index (χ3v) is 3.42. The van der Waals surface area contributed by atoms with Gasteiger partial charge in [0, 0.05) is 12.5 Å². The largest absolute Gasteiger partial charge is 0.497 e. The molecule has 1 N–H and O–H groups in total. The zero-order valence-electron chi connectivity index (χ0n) is 12.3. The Kier molecular flexibility index (Phi) is 5.69. The van der Waals surface area contributed by atoms with Gasteiger partial charge in [-0.2, -0.15) is 0 Å². The standard InChI is InChI=1S/C17H23NO2/c1-3-12-18-17(11-10-16-5-4-13-20-16)14-6-8-15(19-2)9-7-14/h4-9,13,17-18H,3,10-12H2,1-2H3. The van der Waals surface area contributed by atoms with E-state index in [2.05, 4.69) is 24.4 Å². The Labute approximate surface area is 121 Å². The van der Waals surface area contributed by atoms with Crippen molar-refractivity contribution < 1.29 is 9.15 Å². The van der Waals surface area contributed by atoms with Crippen molar-refractivity contribution in [1.82, 2.24) is 5.32 Å². The molecule has 2 aromatic rings. The lowest BCUT2D eigenvalue weighted by molar-refractivity contribution is 0.413. The number of benzene rings is 1. The molecule has 20 heavy (non-hydrogen) atoms. The number of aryl methyl sites for hydroxylation is 1. The van der Waals surface area contributed by atoms with Gasteiger partial charge in [0.15, 0.2) is 0 Å². The van der Waals surface area contributed by atoms with E-state index in [4.69, 9.17) is 9.15 Å². The zero-order chi connectivity index (χ0) is 14.2. The van der Waals surface area contributed by atoms with E-state index < -0.39 is 0 Å². The lowest BCUT2D eigenvalue weighted by atomic mass is 10.0. The van der Waals surface area contributed by atoms with Crippen LogP contribution in [-0.2, 0) is 6.42 Å². The van der Waals surface area contributed by atoms with E-state index in [0.717, 1.165) is 37.3 Å². The van der Waals surface area contributed by atoms with Crippen LogP contribution in [0, 0.1) is 0 Å². The van der Waals surface area contributed by atoms with Crippen LogP contribution < -0.4 is 10.1 Å². The first kappa shape index (κ1) is 14.7. The number of methoxy groups -OCH3 is 1. The summed E-state index contributed by atoms with van der Waals surface area (Å²) in [6, 6.07) is 12.6. The minimum atomic E-state index is 0.353. The quantitative estimate of drug-likeness (QED) is 0.790. The zero-order valence-corrected chi connectivity index (χ0v) is 12.3. The molecule has 3 nitrogen and oxygen atoms in total. The maximum Gasteiger partial charge on any atom is 0.118 e. The Morgan fingerprint density at radius 2 is 2.00 bits per heavy atom. The van der Waals surface area contributed by atoms with Crippen molar-refractivity contribution in [2.75, 3.05) is 13.7 Å². The topological polar surface area (TPSA) is 34.4 Å². The molecule has 0 bridgehead atoms. The number of nitrogens with one attached hydrogen (secondary N) is 1. The van der Waals surface area contributed by atoms with Crippen LogP contribution in [0.3, 0.4) is 0 Å². The summed E-state index contributed by atoms with van der Waals surface area (Å²) >= 11 is 0. The summed E-state index contributed by atoms with van der Waals surface area (Å²) in [5.74, 6) is 1.94. The maximum absolute atomic E-state index is 5.41. The van der Waals surface area contributed by atoms with E-state index in [1.807, 2.05) is 24.3 Å². The molecular weight excluding hydrogens is 250 g/mol. The predicted octanol–water partition coefficient (Wildman–Crippen LogP) is 3.96. The normalized spacial score (nSPS) is 12.3. The molecule has 3 heteroatoms. The molecule has 1 heterocycles. The van der Waals surface area contributed by atoms with Gasteiger partial charge in [0.25, 0.3) is 0 Å². The highest BCUT2D eigenvalue weighted by Crippen LogP contribution is 2.22.